The highest BCUT2D eigenvalue weighted by Crippen LogP contribution is 2.32. The first-order valence-corrected chi connectivity index (χ1v) is 5.80. The molecule has 2 aromatic carbocycles. The van der Waals surface area contributed by atoms with Crippen molar-refractivity contribution in [1.82, 2.24) is 0 Å². The zero-order valence-corrected chi connectivity index (χ0v) is 10.8. The van der Waals surface area contributed by atoms with Crippen LogP contribution in [0.2, 0.25) is 0 Å². The van der Waals surface area contributed by atoms with Gasteiger partial charge in [0.25, 0.3) is 0 Å². The van der Waals surface area contributed by atoms with Crippen LogP contribution in [0, 0.1) is 0 Å². The minimum atomic E-state index is 0.441. The molecule has 4 nitrogen and oxygen atoms in total. The van der Waals surface area contributed by atoms with Crippen LogP contribution in [-0.2, 0) is 0 Å². The number of methoxy groups -OCH3 is 2. The van der Waals surface area contributed by atoms with Crippen molar-refractivity contribution in [2.75, 3.05) is 14.2 Å². The fraction of sp³-hybridized carbons (Fsp3) is 0.133. The zero-order valence-electron chi connectivity index (χ0n) is 10.8. The molecule has 2 rings (SSSR count). The lowest BCUT2D eigenvalue weighted by Gasteiger charge is -2.13. The van der Waals surface area contributed by atoms with Crippen molar-refractivity contribution in [3.05, 3.63) is 59.7 Å². The molecule has 0 heterocycles. The van der Waals surface area contributed by atoms with Crippen LogP contribution in [0.25, 0.3) is 0 Å². The molecule has 2 aromatic rings. The Labute approximate surface area is 111 Å². The Balaban J connectivity index is 2.57. The predicted molar refractivity (Wildman–Crippen MR) is 73.4 cm³/mol. The molecule has 4 heteroatoms. The Morgan fingerprint density at radius 2 is 1.68 bits per heavy atom. The fourth-order valence-corrected chi connectivity index (χ4v) is 1.94. The molecule has 0 atom stereocenters. The second-order valence-corrected chi connectivity index (χ2v) is 3.86. The number of hydrogen-bond acceptors (Lipinski definition) is 4. The standard InChI is InChI=1S/C15H15NO3/c1-18-13-10-6-9-12(15(13)19-2)14(16-17)11-7-4-3-5-8-11/h3-10,17H,1-2H3. The number of hydrogen-bond donors (Lipinski definition) is 1. The Hall–Kier alpha value is -2.49. The van der Waals surface area contributed by atoms with Crippen LogP contribution in [0.1, 0.15) is 11.1 Å². The summed E-state index contributed by atoms with van der Waals surface area (Å²) in [6.45, 7) is 0. The second-order valence-electron chi connectivity index (χ2n) is 3.86. The monoisotopic (exact) mass is 257 g/mol. The van der Waals surface area contributed by atoms with E-state index >= 15 is 0 Å². The maximum atomic E-state index is 9.31. The average Bonchev–Trinajstić information content (AvgIpc) is 2.48. The van der Waals surface area contributed by atoms with Crippen LogP contribution in [0.5, 0.6) is 11.5 Å². The van der Waals surface area contributed by atoms with Crippen molar-refractivity contribution in [1.29, 1.82) is 0 Å². The van der Waals surface area contributed by atoms with E-state index in [4.69, 9.17) is 9.47 Å². The maximum Gasteiger partial charge on any atom is 0.170 e. The summed E-state index contributed by atoms with van der Waals surface area (Å²) >= 11 is 0. The van der Waals surface area contributed by atoms with E-state index < -0.39 is 0 Å². The van der Waals surface area contributed by atoms with E-state index in [1.54, 1.807) is 20.3 Å². The number of nitrogens with zero attached hydrogens (tertiary/aromatic N) is 1. The maximum absolute atomic E-state index is 9.31. The molecule has 0 bridgehead atoms. The Morgan fingerprint density at radius 3 is 2.26 bits per heavy atom. The summed E-state index contributed by atoms with van der Waals surface area (Å²) in [7, 11) is 3.13. The molecule has 0 aliphatic carbocycles. The molecule has 1 N–H and O–H groups in total. The van der Waals surface area contributed by atoms with Crippen molar-refractivity contribution >= 4 is 5.71 Å². The first-order chi connectivity index (χ1) is 9.31. The van der Waals surface area contributed by atoms with Crippen LogP contribution >= 0.6 is 0 Å². The third kappa shape index (κ3) is 2.52. The quantitative estimate of drug-likeness (QED) is 0.520. The molecular formula is C15H15NO3. The summed E-state index contributed by atoms with van der Waals surface area (Å²) < 4.78 is 10.6. The van der Waals surface area contributed by atoms with Crippen molar-refractivity contribution in [3.63, 3.8) is 0 Å². The predicted octanol–water partition coefficient (Wildman–Crippen LogP) is 2.93. The van der Waals surface area contributed by atoms with Crippen LogP contribution in [-0.4, -0.2) is 25.1 Å². The third-order valence-electron chi connectivity index (χ3n) is 2.81. The summed E-state index contributed by atoms with van der Waals surface area (Å²) in [4.78, 5) is 0. The fourth-order valence-electron chi connectivity index (χ4n) is 1.94. The van der Waals surface area contributed by atoms with Crippen LogP contribution < -0.4 is 9.47 Å². The molecule has 0 fully saturated rings. The van der Waals surface area contributed by atoms with E-state index in [9.17, 15) is 5.21 Å². The SMILES string of the molecule is COc1cccc(C(=NO)c2ccccc2)c1OC. The molecular weight excluding hydrogens is 242 g/mol. The molecule has 98 valence electrons. The van der Waals surface area contributed by atoms with Crippen LogP contribution in [0.3, 0.4) is 0 Å². The molecule has 0 saturated carbocycles. The van der Waals surface area contributed by atoms with Gasteiger partial charge in [0.2, 0.25) is 0 Å². The molecule has 19 heavy (non-hydrogen) atoms. The van der Waals surface area contributed by atoms with Gasteiger partial charge in [-0.3, -0.25) is 0 Å². The summed E-state index contributed by atoms with van der Waals surface area (Å²) in [6.07, 6.45) is 0. The van der Waals surface area contributed by atoms with Crippen LogP contribution in [0.4, 0.5) is 0 Å². The molecule has 0 saturated heterocycles. The van der Waals surface area contributed by atoms with E-state index in [1.807, 2.05) is 42.5 Å². The normalized spacial score (nSPS) is 11.2. The van der Waals surface area contributed by atoms with E-state index in [2.05, 4.69) is 5.16 Å². The minimum absolute atomic E-state index is 0.441. The van der Waals surface area contributed by atoms with Gasteiger partial charge in [-0.1, -0.05) is 41.6 Å². The smallest absolute Gasteiger partial charge is 0.170 e. The van der Waals surface area contributed by atoms with Gasteiger partial charge in [0.1, 0.15) is 5.71 Å². The number of benzene rings is 2. The van der Waals surface area contributed by atoms with Crippen LogP contribution in [0.15, 0.2) is 53.7 Å². The topological polar surface area (TPSA) is 51.0 Å². The van der Waals surface area contributed by atoms with Crippen molar-refractivity contribution < 1.29 is 14.7 Å². The Bertz CT molecular complexity index is 579. The highest BCUT2D eigenvalue weighted by molar-refractivity contribution is 6.14. The van der Waals surface area contributed by atoms with Gasteiger partial charge in [0.15, 0.2) is 11.5 Å². The second kappa shape index (κ2) is 5.91. The average molecular weight is 257 g/mol. The number of para-hydroxylation sites is 1. The lowest BCUT2D eigenvalue weighted by Crippen LogP contribution is -2.06. The van der Waals surface area contributed by atoms with E-state index in [1.165, 1.54) is 0 Å². The summed E-state index contributed by atoms with van der Waals surface area (Å²) in [5.74, 6) is 1.14. The summed E-state index contributed by atoms with van der Waals surface area (Å²) in [6, 6.07) is 14.8. The molecule has 0 unspecified atom stereocenters. The Kier molecular flexibility index (Phi) is 4.03. The van der Waals surface area contributed by atoms with Gasteiger partial charge >= 0.3 is 0 Å². The summed E-state index contributed by atoms with van der Waals surface area (Å²) in [5, 5.41) is 12.7. The van der Waals surface area contributed by atoms with Gasteiger partial charge in [0, 0.05) is 5.56 Å². The number of ether oxygens (including phenoxy) is 2. The number of rotatable bonds is 4. The first kappa shape index (κ1) is 13.0. The molecule has 0 spiro atoms. The third-order valence-corrected chi connectivity index (χ3v) is 2.81. The van der Waals surface area contributed by atoms with Gasteiger partial charge in [0.05, 0.1) is 19.8 Å². The highest BCUT2D eigenvalue weighted by Gasteiger charge is 2.16. The van der Waals surface area contributed by atoms with E-state index in [0.29, 0.717) is 22.8 Å². The molecule has 0 amide bonds. The van der Waals surface area contributed by atoms with Crippen molar-refractivity contribution in [3.8, 4) is 11.5 Å². The van der Waals surface area contributed by atoms with Gasteiger partial charge in [-0.25, -0.2) is 0 Å². The lowest BCUT2D eigenvalue weighted by molar-refractivity contribution is 0.319. The Morgan fingerprint density at radius 1 is 0.947 bits per heavy atom. The van der Waals surface area contributed by atoms with Gasteiger partial charge in [-0.05, 0) is 12.1 Å². The molecule has 0 radical (unpaired) electrons. The van der Waals surface area contributed by atoms with Crippen molar-refractivity contribution in [2.24, 2.45) is 5.16 Å². The molecule has 0 aliphatic heterocycles. The lowest BCUT2D eigenvalue weighted by atomic mass is 10.0. The molecule has 0 aromatic heterocycles. The minimum Gasteiger partial charge on any atom is -0.493 e. The highest BCUT2D eigenvalue weighted by atomic mass is 16.5. The first-order valence-electron chi connectivity index (χ1n) is 5.80. The number of oxime groups is 1. The van der Waals surface area contributed by atoms with E-state index in [0.717, 1.165) is 5.56 Å². The van der Waals surface area contributed by atoms with Gasteiger partial charge < -0.3 is 14.7 Å². The van der Waals surface area contributed by atoms with Crippen molar-refractivity contribution in [2.45, 2.75) is 0 Å². The van der Waals surface area contributed by atoms with E-state index in [-0.39, 0.29) is 0 Å². The summed E-state index contributed by atoms with van der Waals surface area (Å²) in [5.41, 5.74) is 1.92. The largest absolute Gasteiger partial charge is 0.493 e. The van der Waals surface area contributed by atoms with Gasteiger partial charge in [-0.2, -0.15) is 0 Å². The zero-order chi connectivity index (χ0) is 13.7. The van der Waals surface area contributed by atoms with Gasteiger partial charge in [-0.15, -0.1) is 0 Å². The molecule has 0 aliphatic rings.